The van der Waals surface area contributed by atoms with E-state index in [0.717, 1.165) is 0 Å². The van der Waals surface area contributed by atoms with E-state index in [1.807, 2.05) is 0 Å². The molecule has 0 amide bonds. The van der Waals surface area contributed by atoms with Crippen LogP contribution in [0.4, 0.5) is 13.2 Å². The Morgan fingerprint density at radius 2 is 1.85 bits per heavy atom. The van der Waals surface area contributed by atoms with E-state index in [4.69, 9.17) is 21.3 Å². The normalized spacial score (nSPS) is 20.9. The zero-order valence-corrected chi connectivity index (χ0v) is 22.6. The topological polar surface area (TPSA) is 78.5 Å². The predicted molar refractivity (Wildman–Crippen MR) is 144 cm³/mol. The number of pyridine rings is 1. The molecule has 4 heterocycles. The van der Waals surface area contributed by atoms with Gasteiger partial charge in [0.1, 0.15) is 11.5 Å². The van der Waals surface area contributed by atoms with E-state index >= 15 is 4.39 Å². The number of halogens is 4. The third-order valence-electron chi connectivity index (χ3n) is 7.98. The second-order valence-electron chi connectivity index (χ2n) is 10.7. The minimum atomic E-state index is -2.75. The predicted octanol–water partition coefficient (Wildman–Crippen LogP) is 5.93. The van der Waals surface area contributed by atoms with Crippen molar-refractivity contribution in [1.82, 2.24) is 18.9 Å². The first kappa shape index (κ1) is 26.7. The molecule has 0 bridgehead atoms. The summed E-state index contributed by atoms with van der Waals surface area (Å²) in [7, 11) is 0. The molecule has 2 aliphatic rings. The van der Waals surface area contributed by atoms with E-state index in [0.29, 0.717) is 42.0 Å². The van der Waals surface area contributed by atoms with Crippen LogP contribution in [0, 0.1) is 19.7 Å². The van der Waals surface area contributed by atoms with E-state index < -0.39 is 23.9 Å². The van der Waals surface area contributed by atoms with Crippen molar-refractivity contribution in [3.63, 3.8) is 0 Å². The highest BCUT2D eigenvalue weighted by atomic mass is 35.5. The molecule has 1 saturated carbocycles. The fourth-order valence-corrected chi connectivity index (χ4v) is 5.69. The Morgan fingerprint density at radius 1 is 1.07 bits per heavy atom. The zero-order chi connectivity index (χ0) is 28.3. The molecule has 0 N–H and O–H groups in total. The number of aromatic nitrogens is 4. The number of ether oxygens (including phenoxy) is 1. The van der Waals surface area contributed by atoms with Gasteiger partial charge in [0.15, 0.2) is 5.65 Å². The number of nitrogens with zero attached hydrogens (tertiary/aromatic N) is 4. The van der Waals surface area contributed by atoms with E-state index in [1.165, 1.54) is 27.2 Å². The van der Waals surface area contributed by atoms with Crippen molar-refractivity contribution in [3.05, 3.63) is 96.8 Å². The maximum Gasteiger partial charge on any atom is 0.261 e. The van der Waals surface area contributed by atoms with Crippen LogP contribution in [-0.2, 0) is 4.74 Å². The summed E-state index contributed by atoms with van der Waals surface area (Å²) in [5.74, 6) is -3.50. The van der Waals surface area contributed by atoms with Crippen LogP contribution in [0.2, 0.25) is 5.02 Å². The lowest BCUT2D eigenvalue weighted by Crippen LogP contribution is -2.41. The van der Waals surface area contributed by atoms with E-state index in [9.17, 15) is 18.4 Å². The summed E-state index contributed by atoms with van der Waals surface area (Å²) in [6.07, 6.45) is 3.17. The summed E-state index contributed by atoms with van der Waals surface area (Å²) >= 11 is 5.98. The molecule has 0 spiro atoms. The molecule has 4 aromatic rings. The van der Waals surface area contributed by atoms with Gasteiger partial charge in [0, 0.05) is 71.7 Å². The SMILES string of the molecule is Cc1nc2c(-c3ccc(Cl)cc3F)nc(C3CCOC(c4ccc(=O)n(C5CC(F)(F)C5)c4)C3)cn2c(=O)c1C. The third kappa shape index (κ3) is 4.73. The number of rotatable bonds is 4. The molecule has 1 aromatic carbocycles. The molecule has 11 heteroatoms. The second-order valence-corrected chi connectivity index (χ2v) is 11.1. The van der Waals surface area contributed by atoms with E-state index in [1.54, 1.807) is 38.4 Å². The molecule has 40 heavy (non-hydrogen) atoms. The van der Waals surface area contributed by atoms with Gasteiger partial charge >= 0.3 is 0 Å². The van der Waals surface area contributed by atoms with Crippen molar-refractivity contribution >= 4 is 17.2 Å². The van der Waals surface area contributed by atoms with Crippen LogP contribution in [0.1, 0.15) is 66.3 Å². The standard InChI is InChI=1S/C29H26ClF3N4O3/c1-15-16(2)34-27-26(21-5-4-19(30)10-22(21)31)35-23(14-37(27)28(15)39)17-7-8-40-24(9-17)18-3-6-25(38)36(13-18)20-11-29(32,33)12-20/h3-6,10,13-14,17,20,24H,7-9,11-12H2,1-2H3. The van der Waals surface area contributed by atoms with Gasteiger partial charge < -0.3 is 9.30 Å². The molecule has 2 fully saturated rings. The minimum Gasteiger partial charge on any atom is -0.373 e. The number of hydrogen-bond donors (Lipinski definition) is 0. The van der Waals surface area contributed by atoms with Crippen molar-refractivity contribution in [1.29, 1.82) is 0 Å². The van der Waals surface area contributed by atoms with Crippen molar-refractivity contribution in [3.8, 4) is 11.3 Å². The van der Waals surface area contributed by atoms with Crippen LogP contribution in [0.15, 0.2) is 52.3 Å². The molecule has 1 saturated heterocycles. The van der Waals surface area contributed by atoms with E-state index in [2.05, 4.69) is 4.98 Å². The van der Waals surface area contributed by atoms with Gasteiger partial charge in [-0.3, -0.25) is 14.0 Å². The molecular weight excluding hydrogens is 545 g/mol. The number of hydrogen-bond acceptors (Lipinski definition) is 5. The Bertz CT molecular complexity index is 1760. The minimum absolute atomic E-state index is 0.167. The van der Waals surface area contributed by atoms with Crippen LogP contribution in [0.3, 0.4) is 0 Å². The Labute approximate surface area is 232 Å². The van der Waals surface area contributed by atoms with Crippen LogP contribution in [0.25, 0.3) is 16.9 Å². The first-order chi connectivity index (χ1) is 19.0. The number of aryl methyl sites for hydroxylation is 1. The van der Waals surface area contributed by atoms with Gasteiger partial charge in [-0.15, -0.1) is 0 Å². The second kappa shape index (κ2) is 9.85. The van der Waals surface area contributed by atoms with Crippen molar-refractivity contribution in [2.24, 2.45) is 0 Å². The molecular formula is C29H26ClF3N4O3. The molecule has 2 unspecified atom stereocenters. The van der Waals surface area contributed by atoms with Crippen molar-refractivity contribution in [2.45, 2.75) is 63.5 Å². The fourth-order valence-electron chi connectivity index (χ4n) is 5.53. The van der Waals surface area contributed by atoms with Crippen molar-refractivity contribution < 1.29 is 17.9 Å². The highest BCUT2D eigenvalue weighted by molar-refractivity contribution is 6.30. The molecule has 1 aliphatic carbocycles. The first-order valence-corrected chi connectivity index (χ1v) is 13.5. The van der Waals surface area contributed by atoms with Crippen LogP contribution < -0.4 is 11.1 Å². The molecule has 2 atom stereocenters. The lowest BCUT2D eigenvalue weighted by atomic mass is 9.87. The summed E-state index contributed by atoms with van der Waals surface area (Å²) in [4.78, 5) is 35.1. The molecule has 208 valence electrons. The van der Waals surface area contributed by atoms with Crippen LogP contribution >= 0.6 is 11.6 Å². The Morgan fingerprint density at radius 3 is 2.58 bits per heavy atom. The van der Waals surface area contributed by atoms with Gasteiger partial charge in [-0.05, 0) is 56.5 Å². The van der Waals surface area contributed by atoms with Gasteiger partial charge in [0.05, 0.1) is 11.8 Å². The summed E-state index contributed by atoms with van der Waals surface area (Å²) in [6.45, 7) is 3.79. The zero-order valence-electron chi connectivity index (χ0n) is 21.8. The maximum atomic E-state index is 15.1. The third-order valence-corrected chi connectivity index (χ3v) is 8.22. The fraction of sp³-hybridized carbons (Fsp3) is 0.379. The van der Waals surface area contributed by atoms with Gasteiger partial charge in [-0.1, -0.05) is 11.6 Å². The number of benzene rings is 1. The van der Waals surface area contributed by atoms with Gasteiger partial charge in [0.25, 0.3) is 17.0 Å². The molecule has 7 nitrogen and oxygen atoms in total. The quantitative estimate of drug-likeness (QED) is 0.304. The van der Waals surface area contributed by atoms with Crippen molar-refractivity contribution in [2.75, 3.05) is 6.61 Å². The van der Waals surface area contributed by atoms with Gasteiger partial charge in [0.2, 0.25) is 0 Å². The maximum absolute atomic E-state index is 15.1. The number of fused-ring (bicyclic) bond motifs is 1. The average Bonchev–Trinajstić information content (AvgIpc) is 2.91. The Hall–Kier alpha value is -3.50. The molecule has 3 aromatic heterocycles. The van der Waals surface area contributed by atoms with Gasteiger partial charge in [-0.2, -0.15) is 0 Å². The average molecular weight is 571 g/mol. The lowest BCUT2D eigenvalue weighted by Gasteiger charge is -2.36. The van der Waals surface area contributed by atoms with Crippen LogP contribution in [0.5, 0.6) is 0 Å². The summed E-state index contributed by atoms with van der Waals surface area (Å²) in [5, 5.41) is 0.234. The largest absolute Gasteiger partial charge is 0.373 e. The Kier molecular flexibility index (Phi) is 6.58. The summed E-state index contributed by atoms with van der Waals surface area (Å²) < 4.78 is 50.9. The Balaban J connectivity index is 1.40. The highest BCUT2D eigenvalue weighted by Gasteiger charge is 2.46. The lowest BCUT2D eigenvalue weighted by molar-refractivity contribution is -0.105. The van der Waals surface area contributed by atoms with Gasteiger partial charge in [-0.25, -0.2) is 23.1 Å². The number of alkyl halides is 2. The van der Waals surface area contributed by atoms with E-state index in [-0.39, 0.29) is 51.8 Å². The molecule has 1 aliphatic heterocycles. The smallest absolute Gasteiger partial charge is 0.261 e. The summed E-state index contributed by atoms with van der Waals surface area (Å²) in [5.41, 5.74) is 2.33. The highest BCUT2D eigenvalue weighted by Crippen LogP contribution is 2.45. The monoisotopic (exact) mass is 570 g/mol. The molecule has 6 rings (SSSR count). The molecule has 0 radical (unpaired) electrons. The summed E-state index contributed by atoms with van der Waals surface area (Å²) in [6, 6.07) is 6.76. The first-order valence-electron chi connectivity index (χ1n) is 13.1. The van der Waals surface area contributed by atoms with Crippen LogP contribution in [-0.4, -0.2) is 31.5 Å².